The minimum Gasteiger partial charge on any atom is -0.383 e. The smallest absolute Gasteiger partial charge is 0.223 e. The summed E-state index contributed by atoms with van der Waals surface area (Å²) in [4.78, 5) is 10.8. The molecule has 0 aliphatic carbocycles. The summed E-state index contributed by atoms with van der Waals surface area (Å²) in [7, 11) is 1.99. The standard InChI is InChI=1S/C13H24N6/c1-8(2)6-10-11(14)17-13(15)18-12(10)19-5-4-9(7-19)16-3/h8-9,16H,4-7H2,1-3H3,(H4,14,15,17,18). The van der Waals surface area contributed by atoms with Crippen LogP contribution in [0.5, 0.6) is 0 Å². The van der Waals surface area contributed by atoms with Gasteiger partial charge in [-0.25, -0.2) is 0 Å². The van der Waals surface area contributed by atoms with Crippen molar-refractivity contribution < 1.29 is 0 Å². The molecule has 1 atom stereocenters. The van der Waals surface area contributed by atoms with E-state index in [9.17, 15) is 0 Å². The Morgan fingerprint density at radius 2 is 2.11 bits per heavy atom. The van der Waals surface area contributed by atoms with Crippen molar-refractivity contribution in [3.05, 3.63) is 5.56 Å². The molecule has 1 aliphatic rings. The molecule has 0 spiro atoms. The van der Waals surface area contributed by atoms with Crippen LogP contribution in [0.2, 0.25) is 0 Å². The molecular weight excluding hydrogens is 240 g/mol. The Morgan fingerprint density at radius 3 is 2.68 bits per heavy atom. The van der Waals surface area contributed by atoms with Gasteiger partial charge in [0.1, 0.15) is 11.6 Å². The SMILES string of the molecule is CNC1CCN(c2nc(N)nc(N)c2CC(C)C)C1. The van der Waals surface area contributed by atoms with Crippen LogP contribution in [-0.2, 0) is 6.42 Å². The van der Waals surface area contributed by atoms with Gasteiger partial charge >= 0.3 is 0 Å². The molecule has 6 nitrogen and oxygen atoms in total. The molecule has 0 saturated carbocycles. The van der Waals surface area contributed by atoms with Gasteiger partial charge in [-0.2, -0.15) is 9.97 Å². The number of likely N-dealkylation sites (N-methyl/N-ethyl adjacent to an activating group) is 1. The predicted octanol–water partition coefficient (Wildman–Crippen LogP) is 0.638. The molecule has 1 saturated heterocycles. The second-order valence-electron chi connectivity index (χ2n) is 5.59. The first-order chi connectivity index (χ1) is 9.01. The fraction of sp³-hybridized carbons (Fsp3) is 0.692. The Balaban J connectivity index is 2.32. The molecule has 0 bridgehead atoms. The second-order valence-corrected chi connectivity index (χ2v) is 5.59. The maximum absolute atomic E-state index is 6.03. The van der Waals surface area contributed by atoms with Gasteiger partial charge < -0.3 is 21.7 Å². The molecule has 1 aliphatic heterocycles. The maximum Gasteiger partial charge on any atom is 0.223 e. The lowest BCUT2D eigenvalue weighted by Crippen LogP contribution is -2.31. The summed E-state index contributed by atoms with van der Waals surface area (Å²) >= 11 is 0. The van der Waals surface area contributed by atoms with Crippen LogP contribution in [-0.4, -0.2) is 36.1 Å². The van der Waals surface area contributed by atoms with E-state index in [0.717, 1.165) is 37.3 Å². The van der Waals surface area contributed by atoms with Gasteiger partial charge in [0, 0.05) is 24.7 Å². The topological polar surface area (TPSA) is 93.1 Å². The highest BCUT2D eigenvalue weighted by Gasteiger charge is 2.26. The number of nitrogens with zero attached hydrogens (tertiary/aromatic N) is 3. The van der Waals surface area contributed by atoms with E-state index in [-0.39, 0.29) is 5.95 Å². The molecule has 5 N–H and O–H groups in total. The highest BCUT2D eigenvalue weighted by atomic mass is 15.3. The summed E-state index contributed by atoms with van der Waals surface area (Å²) in [6.45, 7) is 6.25. The van der Waals surface area contributed by atoms with Crippen molar-refractivity contribution in [3.8, 4) is 0 Å². The zero-order chi connectivity index (χ0) is 14.0. The summed E-state index contributed by atoms with van der Waals surface area (Å²) < 4.78 is 0. The third-order valence-electron chi connectivity index (χ3n) is 3.54. The van der Waals surface area contributed by atoms with Gasteiger partial charge in [-0.1, -0.05) is 13.8 Å². The monoisotopic (exact) mass is 264 g/mol. The van der Waals surface area contributed by atoms with Gasteiger partial charge in [-0.05, 0) is 25.8 Å². The zero-order valence-corrected chi connectivity index (χ0v) is 12.0. The number of nitrogens with two attached hydrogens (primary N) is 2. The number of rotatable bonds is 4. The molecule has 2 rings (SSSR count). The van der Waals surface area contributed by atoms with Crippen LogP contribution in [0.3, 0.4) is 0 Å². The Bertz CT molecular complexity index is 445. The van der Waals surface area contributed by atoms with E-state index in [4.69, 9.17) is 11.5 Å². The predicted molar refractivity (Wildman–Crippen MR) is 79.1 cm³/mol. The van der Waals surface area contributed by atoms with Crippen molar-refractivity contribution in [2.24, 2.45) is 5.92 Å². The lowest BCUT2D eigenvalue weighted by molar-refractivity contribution is 0.615. The van der Waals surface area contributed by atoms with Crippen LogP contribution in [0.25, 0.3) is 0 Å². The van der Waals surface area contributed by atoms with Gasteiger partial charge in [-0.15, -0.1) is 0 Å². The van der Waals surface area contributed by atoms with Crippen LogP contribution in [0.1, 0.15) is 25.8 Å². The highest BCUT2D eigenvalue weighted by Crippen LogP contribution is 2.28. The quantitative estimate of drug-likeness (QED) is 0.739. The number of hydrogen-bond acceptors (Lipinski definition) is 6. The largest absolute Gasteiger partial charge is 0.383 e. The van der Waals surface area contributed by atoms with Crippen LogP contribution >= 0.6 is 0 Å². The molecule has 19 heavy (non-hydrogen) atoms. The van der Waals surface area contributed by atoms with Crippen molar-refractivity contribution in [1.29, 1.82) is 0 Å². The normalized spacial score (nSPS) is 19.4. The summed E-state index contributed by atoms with van der Waals surface area (Å²) in [5, 5.41) is 3.31. The molecule has 0 radical (unpaired) electrons. The third kappa shape index (κ3) is 3.07. The average Bonchev–Trinajstić information content (AvgIpc) is 2.80. The Kier molecular flexibility index (Phi) is 4.09. The lowest BCUT2D eigenvalue weighted by atomic mass is 10.0. The van der Waals surface area contributed by atoms with Gasteiger partial charge in [0.05, 0.1) is 0 Å². The molecule has 0 aromatic carbocycles. The first-order valence-electron chi connectivity index (χ1n) is 6.85. The summed E-state index contributed by atoms with van der Waals surface area (Å²) in [6.07, 6.45) is 1.99. The van der Waals surface area contributed by atoms with Crippen molar-refractivity contribution in [3.63, 3.8) is 0 Å². The number of anilines is 3. The molecule has 106 valence electrons. The van der Waals surface area contributed by atoms with E-state index in [1.54, 1.807) is 0 Å². The second kappa shape index (κ2) is 5.61. The van der Waals surface area contributed by atoms with Crippen LogP contribution < -0.4 is 21.7 Å². The molecule has 1 fully saturated rings. The molecular formula is C13H24N6. The van der Waals surface area contributed by atoms with E-state index >= 15 is 0 Å². The van der Waals surface area contributed by atoms with Gasteiger partial charge in [-0.3, -0.25) is 0 Å². The first kappa shape index (κ1) is 13.9. The van der Waals surface area contributed by atoms with Crippen LogP contribution in [0, 0.1) is 5.92 Å². The van der Waals surface area contributed by atoms with Crippen LogP contribution in [0.4, 0.5) is 17.6 Å². The minimum absolute atomic E-state index is 0.257. The van der Waals surface area contributed by atoms with Crippen LogP contribution in [0.15, 0.2) is 0 Å². The van der Waals surface area contributed by atoms with Gasteiger partial charge in [0.2, 0.25) is 5.95 Å². The van der Waals surface area contributed by atoms with Crippen molar-refractivity contribution in [1.82, 2.24) is 15.3 Å². The highest BCUT2D eigenvalue weighted by molar-refractivity contribution is 5.60. The van der Waals surface area contributed by atoms with Crippen molar-refractivity contribution in [2.45, 2.75) is 32.7 Å². The Morgan fingerprint density at radius 1 is 1.37 bits per heavy atom. The summed E-state index contributed by atoms with van der Waals surface area (Å²) in [5.74, 6) is 2.20. The van der Waals surface area contributed by atoms with Crippen molar-refractivity contribution in [2.75, 3.05) is 36.5 Å². The zero-order valence-electron chi connectivity index (χ0n) is 12.0. The van der Waals surface area contributed by atoms with E-state index in [0.29, 0.717) is 17.8 Å². The molecule has 1 unspecified atom stereocenters. The number of nitrogens with one attached hydrogen (secondary N) is 1. The van der Waals surface area contributed by atoms with Gasteiger partial charge in [0.25, 0.3) is 0 Å². The van der Waals surface area contributed by atoms with E-state index in [1.165, 1.54) is 0 Å². The van der Waals surface area contributed by atoms with Crippen molar-refractivity contribution >= 4 is 17.6 Å². The Labute approximate surface area is 114 Å². The van der Waals surface area contributed by atoms with E-state index < -0.39 is 0 Å². The first-order valence-corrected chi connectivity index (χ1v) is 6.85. The molecule has 0 amide bonds. The molecule has 6 heteroatoms. The number of aromatic nitrogens is 2. The minimum atomic E-state index is 0.257. The third-order valence-corrected chi connectivity index (χ3v) is 3.54. The number of nitrogen functional groups attached to an aromatic ring is 2. The van der Waals surface area contributed by atoms with E-state index in [2.05, 4.69) is 34.0 Å². The fourth-order valence-electron chi connectivity index (χ4n) is 2.56. The molecule has 2 heterocycles. The van der Waals surface area contributed by atoms with E-state index in [1.807, 2.05) is 7.05 Å². The molecule has 1 aromatic rings. The average molecular weight is 264 g/mol. The van der Waals surface area contributed by atoms with Gasteiger partial charge in [0.15, 0.2) is 0 Å². The molecule has 1 aromatic heterocycles. The fourth-order valence-corrected chi connectivity index (χ4v) is 2.56. The Hall–Kier alpha value is -1.56. The summed E-state index contributed by atoms with van der Waals surface area (Å²) in [5.41, 5.74) is 12.8. The number of hydrogen-bond donors (Lipinski definition) is 3. The maximum atomic E-state index is 6.03. The summed E-state index contributed by atoms with van der Waals surface area (Å²) in [6, 6.07) is 0.504. The lowest BCUT2D eigenvalue weighted by Gasteiger charge is -2.22.